The summed E-state index contributed by atoms with van der Waals surface area (Å²) in [4.78, 5) is 0. The zero-order chi connectivity index (χ0) is 5.98. The van der Waals surface area contributed by atoms with Crippen LogP contribution in [-0.4, -0.2) is 31.1 Å². The highest BCUT2D eigenvalue weighted by Gasteiger charge is 2.19. The third-order valence-corrected chi connectivity index (χ3v) is 1.12. The van der Waals surface area contributed by atoms with Crippen LogP contribution in [0.25, 0.3) is 0 Å². The molecule has 1 heterocycles. The summed E-state index contributed by atoms with van der Waals surface area (Å²) < 4.78 is 24.1. The smallest absolute Gasteiger partial charge is 0.192 e. The van der Waals surface area contributed by atoms with Crippen LogP contribution in [0.2, 0.25) is 0 Å². The summed E-state index contributed by atoms with van der Waals surface area (Å²) in [6.07, 6.45) is -1.44. The van der Waals surface area contributed by atoms with Crippen molar-refractivity contribution in [2.45, 2.75) is 6.30 Å². The zero-order valence-corrected chi connectivity index (χ0v) is 4.40. The third-order valence-electron chi connectivity index (χ3n) is 1.12. The van der Waals surface area contributed by atoms with E-state index in [9.17, 15) is 8.87 Å². The minimum absolute atomic E-state index is 0.108. The van der Waals surface area contributed by atoms with Crippen LogP contribution in [0.5, 0.6) is 0 Å². The standard InChI is InChI=1S/C4H8F2N2/c5-4-3-7-1-2-8(4)6/h4,7H,1-3H2. The van der Waals surface area contributed by atoms with Gasteiger partial charge in [-0.25, -0.2) is 4.39 Å². The van der Waals surface area contributed by atoms with Gasteiger partial charge in [0.15, 0.2) is 6.30 Å². The molecule has 1 rings (SSSR count). The second kappa shape index (κ2) is 2.37. The van der Waals surface area contributed by atoms with E-state index in [4.69, 9.17) is 0 Å². The molecule has 0 amide bonds. The fourth-order valence-corrected chi connectivity index (χ4v) is 0.646. The van der Waals surface area contributed by atoms with Gasteiger partial charge >= 0.3 is 0 Å². The van der Waals surface area contributed by atoms with E-state index in [-0.39, 0.29) is 18.2 Å². The Hall–Kier alpha value is -0.220. The molecule has 0 radical (unpaired) electrons. The van der Waals surface area contributed by atoms with Crippen LogP contribution in [0.1, 0.15) is 0 Å². The first-order chi connectivity index (χ1) is 3.80. The highest BCUT2D eigenvalue weighted by Crippen LogP contribution is 2.02. The maximum atomic E-state index is 12.1. The van der Waals surface area contributed by atoms with Crippen molar-refractivity contribution < 1.29 is 8.87 Å². The van der Waals surface area contributed by atoms with Crippen molar-refractivity contribution in [1.29, 1.82) is 0 Å². The van der Waals surface area contributed by atoms with E-state index in [1.165, 1.54) is 0 Å². The topological polar surface area (TPSA) is 15.3 Å². The Bertz CT molecular complexity index is 68.4. The number of hydrogen-bond acceptors (Lipinski definition) is 2. The highest BCUT2D eigenvalue weighted by molar-refractivity contribution is 4.64. The molecule has 1 aliphatic rings. The zero-order valence-electron chi connectivity index (χ0n) is 4.40. The van der Waals surface area contributed by atoms with Crippen LogP contribution in [0.15, 0.2) is 0 Å². The normalized spacial score (nSPS) is 33.0. The van der Waals surface area contributed by atoms with E-state index in [1.807, 2.05) is 0 Å². The van der Waals surface area contributed by atoms with E-state index >= 15 is 0 Å². The van der Waals surface area contributed by atoms with Gasteiger partial charge in [0, 0.05) is 19.6 Å². The van der Waals surface area contributed by atoms with Crippen LogP contribution < -0.4 is 5.32 Å². The second-order valence-electron chi connectivity index (χ2n) is 1.76. The first-order valence-electron chi connectivity index (χ1n) is 2.58. The van der Waals surface area contributed by atoms with Crippen LogP contribution in [0, 0.1) is 0 Å². The minimum Gasteiger partial charge on any atom is -0.311 e. The van der Waals surface area contributed by atoms with Gasteiger partial charge in [-0.1, -0.05) is 0 Å². The maximum absolute atomic E-state index is 12.1. The fourth-order valence-electron chi connectivity index (χ4n) is 0.646. The average molecular weight is 122 g/mol. The molecule has 0 aromatic carbocycles. The molecule has 0 aromatic rings. The molecule has 4 heteroatoms. The predicted molar refractivity (Wildman–Crippen MR) is 25.6 cm³/mol. The second-order valence-corrected chi connectivity index (χ2v) is 1.76. The van der Waals surface area contributed by atoms with Crippen LogP contribution >= 0.6 is 0 Å². The van der Waals surface area contributed by atoms with Crippen molar-refractivity contribution in [2.24, 2.45) is 0 Å². The van der Waals surface area contributed by atoms with Gasteiger partial charge in [-0.2, -0.15) is 0 Å². The van der Waals surface area contributed by atoms with E-state index in [0.29, 0.717) is 6.54 Å². The minimum atomic E-state index is -1.44. The summed E-state index contributed by atoms with van der Waals surface area (Å²) in [5, 5.41) is 2.91. The number of rotatable bonds is 0. The summed E-state index contributed by atoms with van der Waals surface area (Å²) >= 11 is 0. The molecule has 0 aromatic heterocycles. The predicted octanol–water partition coefficient (Wildman–Crippen LogP) is 0.0717. The fraction of sp³-hybridized carbons (Fsp3) is 1.00. The average Bonchev–Trinajstić information content (AvgIpc) is 1.77. The summed E-state index contributed by atoms with van der Waals surface area (Å²) in [7, 11) is 0. The molecule has 1 saturated heterocycles. The van der Waals surface area contributed by atoms with Crippen molar-refractivity contribution in [1.82, 2.24) is 10.4 Å². The molecule has 1 atom stereocenters. The van der Waals surface area contributed by atoms with Gasteiger partial charge in [0.25, 0.3) is 0 Å². The van der Waals surface area contributed by atoms with Gasteiger partial charge in [0.05, 0.1) is 0 Å². The lowest BCUT2D eigenvalue weighted by molar-refractivity contribution is -0.0917. The van der Waals surface area contributed by atoms with Gasteiger partial charge in [-0.05, 0) is 0 Å². The molecule has 0 saturated carbocycles. The molecule has 1 unspecified atom stereocenters. The molecular weight excluding hydrogens is 114 g/mol. The molecule has 8 heavy (non-hydrogen) atoms. The van der Waals surface area contributed by atoms with Crippen LogP contribution in [0.3, 0.4) is 0 Å². The third kappa shape index (κ3) is 1.14. The first kappa shape index (κ1) is 5.91. The number of halogens is 2. The van der Waals surface area contributed by atoms with E-state index in [1.54, 1.807) is 0 Å². The Morgan fingerprint density at radius 2 is 2.38 bits per heavy atom. The molecule has 1 fully saturated rings. The summed E-state index contributed by atoms with van der Waals surface area (Å²) in [6, 6.07) is 0. The van der Waals surface area contributed by atoms with E-state index < -0.39 is 6.30 Å². The Balaban J connectivity index is 2.28. The van der Waals surface area contributed by atoms with Crippen molar-refractivity contribution in [3.8, 4) is 0 Å². The van der Waals surface area contributed by atoms with E-state index in [2.05, 4.69) is 5.32 Å². The highest BCUT2D eigenvalue weighted by atomic mass is 19.2. The van der Waals surface area contributed by atoms with Crippen molar-refractivity contribution in [3.63, 3.8) is 0 Å². The molecule has 2 nitrogen and oxygen atoms in total. The number of hydrogen-bond donors (Lipinski definition) is 1. The van der Waals surface area contributed by atoms with Gasteiger partial charge in [0.1, 0.15) is 0 Å². The molecular formula is C4H8F2N2. The summed E-state index contributed by atoms with van der Waals surface area (Å²) in [5.74, 6) is 0. The Morgan fingerprint density at radius 1 is 1.62 bits per heavy atom. The molecule has 1 aliphatic heterocycles. The SMILES string of the molecule is FC1CNCCN1F. The molecule has 48 valence electrons. The van der Waals surface area contributed by atoms with Crippen molar-refractivity contribution in [3.05, 3.63) is 0 Å². The molecule has 1 N–H and O–H groups in total. The molecule has 0 bridgehead atoms. The van der Waals surface area contributed by atoms with Gasteiger partial charge in [-0.15, -0.1) is 9.60 Å². The molecule has 0 spiro atoms. The first-order valence-corrected chi connectivity index (χ1v) is 2.58. The number of piperazine rings is 1. The van der Waals surface area contributed by atoms with Crippen molar-refractivity contribution >= 4 is 0 Å². The number of alkyl halides is 1. The van der Waals surface area contributed by atoms with Crippen LogP contribution in [0.4, 0.5) is 8.87 Å². The maximum Gasteiger partial charge on any atom is 0.192 e. The lowest BCUT2D eigenvalue weighted by atomic mass is 10.4. The van der Waals surface area contributed by atoms with Crippen molar-refractivity contribution in [2.75, 3.05) is 19.6 Å². The number of nitrogens with zero attached hydrogens (tertiary/aromatic N) is 1. The van der Waals surface area contributed by atoms with Crippen LogP contribution in [-0.2, 0) is 0 Å². The Kier molecular flexibility index (Phi) is 1.75. The summed E-state index contributed by atoms with van der Waals surface area (Å²) in [5.41, 5.74) is 0. The van der Waals surface area contributed by atoms with Gasteiger partial charge < -0.3 is 5.32 Å². The Morgan fingerprint density at radius 3 is 2.75 bits per heavy atom. The van der Waals surface area contributed by atoms with Gasteiger partial charge in [0.2, 0.25) is 0 Å². The van der Waals surface area contributed by atoms with E-state index in [0.717, 1.165) is 0 Å². The largest absolute Gasteiger partial charge is 0.311 e. The lowest BCUT2D eigenvalue weighted by Crippen LogP contribution is -2.44. The number of nitrogens with one attached hydrogen (secondary N) is 1. The summed E-state index contributed by atoms with van der Waals surface area (Å²) in [6.45, 7) is 0.800. The molecule has 0 aliphatic carbocycles. The van der Waals surface area contributed by atoms with Gasteiger partial charge in [-0.3, -0.25) is 0 Å². The monoisotopic (exact) mass is 122 g/mol. The quantitative estimate of drug-likeness (QED) is 0.361. The Labute approximate surface area is 46.4 Å². The lowest BCUT2D eigenvalue weighted by Gasteiger charge is -2.22.